The topological polar surface area (TPSA) is 62.3 Å². The van der Waals surface area contributed by atoms with Gasteiger partial charge in [0.25, 0.3) is 5.91 Å². The van der Waals surface area contributed by atoms with Gasteiger partial charge in [-0.25, -0.2) is 4.98 Å². The summed E-state index contributed by atoms with van der Waals surface area (Å²) in [6, 6.07) is 10.3. The van der Waals surface area contributed by atoms with Crippen molar-refractivity contribution in [2.45, 2.75) is 26.7 Å². The SMILES string of the molecule is CCCCN(C)c1cc(C(=O)Nc2ccc(C(C)=O)cc2)ccn1. The van der Waals surface area contributed by atoms with Crippen LogP contribution in [0, 0.1) is 0 Å². The number of hydrogen-bond acceptors (Lipinski definition) is 4. The van der Waals surface area contributed by atoms with Gasteiger partial charge in [0.1, 0.15) is 5.82 Å². The van der Waals surface area contributed by atoms with Gasteiger partial charge < -0.3 is 10.2 Å². The molecule has 0 radical (unpaired) electrons. The molecule has 0 fully saturated rings. The van der Waals surface area contributed by atoms with Gasteiger partial charge in [-0.3, -0.25) is 9.59 Å². The minimum Gasteiger partial charge on any atom is -0.360 e. The Morgan fingerprint density at radius 1 is 1.12 bits per heavy atom. The van der Waals surface area contributed by atoms with E-state index in [0.717, 1.165) is 25.2 Å². The minimum atomic E-state index is -0.196. The largest absolute Gasteiger partial charge is 0.360 e. The molecule has 2 aromatic rings. The zero-order valence-corrected chi connectivity index (χ0v) is 14.4. The van der Waals surface area contributed by atoms with Crippen molar-refractivity contribution in [2.75, 3.05) is 23.8 Å². The molecule has 1 N–H and O–H groups in total. The molecular weight excluding hydrogens is 302 g/mol. The monoisotopic (exact) mass is 325 g/mol. The lowest BCUT2D eigenvalue weighted by molar-refractivity contribution is 0.101. The third-order valence-corrected chi connectivity index (χ3v) is 3.80. The van der Waals surface area contributed by atoms with Gasteiger partial charge >= 0.3 is 0 Å². The summed E-state index contributed by atoms with van der Waals surface area (Å²) in [4.78, 5) is 30.0. The number of carbonyl (C=O) groups is 2. The van der Waals surface area contributed by atoms with Gasteiger partial charge in [-0.1, -0.05) is 13.3 Å². The van der Waals surface area contributed by atoms with Crippen LogP contribution in [0.3, 0.4) is 0 Å². The van der Waals surface area contributed by atoms with E-state index in [4.69, 9.17) is 0 Å². The van der Waals surface area contributed by atoms with E-state index >= 15 is 0 Å². The number of pyridine rings is 1. The standard InChI is InChI=1S/C19H23N3O2/c1-4-5-12-22(3)18-13-16(10-11-20-18)19(24)21-17-8-6-15(7-9-17)14(2)23/h6-11,13H,4-5,12H2,1-3H3,(H,21,24). The lowest BCUT2D eigenvalue weighted by Crippen LogP contribution is -2.20. The molecule has 1 amide bonds. The van der Waals surface area contributed by atoms with Gasteiger partial charge in [0.2, 0.25) is 0 Å². The van der Waals surface area contributed by atoms with Gasteiger partial charge in [0.05, 0.1) is 0 Å². The molecule has 24 heavy (non-hydrogen) atoms. The highest BCUT2D eigenvalue weighted by Crippen LogP contribution is 2.15. The highest BCUT2D eigenvalue weighted by Gasteiger charge is 2.10. The number of rotatable bonds is 7. The third-order valence-electron chi connectivity index (χ3n) is 3.80. The fourth-order valence-corrected chi connectivity index (χ4v) is 2.27. The molecule has 0 saturated heterocycles. The fourth-order valence-electron chi connectivity index (χ4n) is 2.27. The number of anilines is 2. The molecule has 0 atom stereocenters. The van der Waals surface area contributed by atoms with E-state index in [1.807, 2.05) is 11.9 Å². The average Bonchev–Trinajstić information content (AvgIpc) is 2.60. The Morgan fingerprint density at radius 2 is 1.83 bits per heavy atom. The molecule has 0 aliphatic heterocycles. The molecule has 126 valence electrons. The highest BCUT2D eigenvalue weighted by atomic mass is 16.1. The first kappa shape index (κ1) is 17.7. The highest BCUT2D eigenvalue weighted by molar-refractivity contribution is 6.05. The first-order valence-electron chi connectivity index (χ1n) is 8.10. The number of hydrogen-bond donors (Lipinski definition) is 1. The van der Waals surface area contributed by atoms with Crippen LogP contribution >= 0.6 is 0 Å². The molecular formula is C19H23N3O2. The zero-order chi connectivity index (χ0) is 17.5. The molecule has 0 spiro atoms. The second kappa shape index (κ2) is 8.24. The van der Waals surface area contributed by atoms with Crippen LogP contribution in [0.2, 0.25) is 0 Å². The van der Waals surface area contributed by atoms with Crippen molar-refractivity contribution in [3.63, 3.8) is 0 Å². The summed E-state index contributed by atoms with van der Waals surface area (Å²) in [6.07, 6.45) is 3.84. The van der Waals surface area contributed by atoms with Gasteiger partial charge in [-0.2, -0.15) is 0 Å². The molecule has 0 saturated carbocycles. The number of nitrogens with one attached hydrogen (secondary N) is 1. The molecule has 0 aliphatic carbocycles. The predicted molar refractivity (Wildman–Crippen MR) is 96.8 cm³/mol. The van der Waals surface area contributed by atoms with E-state index < -0.39 is 0 Å². The first-order chi connectivity index (χ1) is 11.5. The van der Waals surface area contributed by atoms with E-state index in [0.29, 0.717) is 16.8 Å². The number of ketones is 1. The third kappa shape index (κ3) is 4.65. The molecule has 5 heteroatoms. The molecule has 1 aromatic heterocycles. The van der Waals surface area contributed by atoms with Crippen LogP contribution in [0.4, 0.5) is 11.5 Å². The second-order valence-electron chi connectivity index (χ2n) is 5.77. The normalized spacial score (nSPS) is 10.3. The Balaban J connectivity index is 2.08. The number of amides is 1. The molecule has 2 rings (SSSR count). The maximum Gasteiger partial charge on any atom is 0.255 e. The summed E-state index contributed by atoms with van der Waals surface area (Å²) in [5.74, 6) is 0.586. The summed E-state index contributed by atoms with van der Waals surface area (Å²) in [6.45, 7) is 4.56. The molecule has 0 unspecified atom stereocenters. The van der Waals surface area contributed by atoms with Gasteiger partial charge in [0, 0.05) is 36.6 Å². The van der Waals surface area contributed by atoms with Crippen molar-refractivity contribution < 1.29 is 9.59 Å². The average molecular weight is 325 g/mol. The van der Waals surface area contributed by atoms with Gasteiger partial charge in [-0.05, 0) is 49.7 Å². The van der Waals surface area contributed by atoms with Crippen LogP contribution in [0.25, 0.3) is 0 Å². The summed E-state index contributed by atoms with van der Waals surface area (Å²) in [5, 5.41) is 2.84. The lowest BCUT2D eigenvalue weighted by atomic mass is 10.1. The number of carbonyl (C=O) groups excluding carboxylic acids is 2. The maximum atomic E-state index is 12.4. The van der Waals surface area contributed by atoms with E-state index in [1.54, 1.807) is 42.6 Å². The Labute approximate surface area is 142 Å². The van der Waals surface area contributed by atoms with E-state index in [9.17, 15) is 9.59 Å². The van der Waals surface area contributed by atoms with E-state index in [2.05, 4.69) is 17.2 Å². The summed E-state index contributed by atoms with van der Waals surface area (Å²) >= 11 is 0. The minimum absolute atomic E-state index is 0.00164. The van der Waals surface area contributed by atoms with Crippen molar-refractivity contribution in [1.29, 1.82) is 0 Å². The van der Waals surface area contributed by atoms with Crippen molar-refractivity contribution in [3.05, 3.63) is 53.7 Å². The molecule has 5 nitrogen and oxygen atoms in total. The number of unbranched alkanes of at least 4 members (excludes halogenated alkanes) is 1. The van der Waals surface area contributed by atoms with Gasteiger partial charge in [-0.15, -0.1) is 0 Å². The smallest absolute Gasteiger partial charge is 0.255 e. The molecule has 1 heterocycles. The quantitative estimate of drug-likeness (QED) is 0.787. The summed E-state index contributed by atoms with van der Waals surface area (Å²) in [5.41, 5.74) is 1.83. The number of aromatic nitrogens is 1. The number of benzene rings is 1. The van der Waals surface area contributed by atoms with Crippen molar-refractivity contribution in [1.82, 2.24) is 4.98 Å². The van der Waals surface area contributed by atoms with Crippen LogP contribution in [0.1, 0.15) is 47.4 Å². The molecule has 0 aliphatic rings. The molecule has 1 aromatic carbocycles. The van der Waals surface area contributed by atoms with Gasteiger partial charge in [0.15, 0.2) is 5.78 Å². The number of Topliss-reactive ketones (excluding diaryl/α,β-unsaturated/α-hetero) is 1. The predicted octanol–water partition coefficient (Wildman–Crippen LogP) is 3.77. The van der Waals surface area contributed by atoms with Crippen molar-refractivity contribution in [2.24, 2.45) is 0 Å². The summed E-state index contributed by atoms with van der Waals surface area (Å²) < 4.78 is 0. The fraction of sp³-hybridized carbons (Fsp3) is 0.316. The lowest BCUT2D eigenvalue weighted by Gasteiger charge is -2.18. The van der Waals surface area contributed by atoms with Crippen LogP contribution in [0.15, 0.2) is 42.6 Å². The van der Waals surface area contributed by atoms with Crippen LogP contribution in [0.5, 0.6) is 0 Å². The first-order valence-corrected chi connectivity index (χ1v) is 8.10. The number of nitrogens with zero attached hydrogens (tertiary/aromatic N) is 2. The van der Waals surface area contributed by atoms with E-state index in [1.165, 1.54) is 6.92 Å². The summed E-state index contributed by atoms with van der Waals surface area (Å²) in [7, 11) is 1.97. The maximum absolute atomic E-state index is 12.4. The Morgan fingerprint density at radius 3 is 2.46 bits per heavy atom. The Hall–Kier alpha value is -2.69. The van der Waals surface area contributed by atoms with E-state index in [-0.39, 0.29) is 11.7 Å². The molecule has 0 bridgehead atoms. The zero-order valence-electron chi connectivity index (χ0n) is 14.4. The second-order valence-corrected chi connectivity index (χ2v) is 5.77. The van der Waals surface area contributed by atoms with Crippen LogP contribution in [-0.4, -0.2) is 30.3 Å². The van der Waals surface area contributed by atoms with Crippen molar-refractivity contribution >= 4 is 23.2 Å². The van der Waals surface area contributed by atoms with Crippen molar-refractivity contribution in [3.8, 4) is 0 Å². The Kier molecular flexibility index (Phi) is 6.07. The Bertz CT molecular complexity index is 711. The van der Waals surface area contributed by atoms with Crippen LogP contribution < -0.4 is 10.2 Å². The van der Waals surface area contributed by atoms with Crippen LogP contribution in [-0.2, 0) is 0 Å².